The van der Waals surface area contributed by atoms with Crippen LogP contribution in [0.4, 0.5) is 0 Å². The van der Waals surface area contributed by atoms with E-state index in [1.165, 1.54) is 13.2 Å². The summed E-state index contributed by atoms with van der Waals surface area (Å²) in [4.78, 5) is 23.9. The van der Waals surface area contributed by atoms with Crippen LogP contribution in [0.15, 0.2) is 30.3 Å². The molecule has 0 radical (unpaired) electrons. The summed E-state index contributed by atoms with van der Waals surface area (Å²) in [6.07, 6.45) is 0. The van der Waals surface area contributed by atoms with Gasteiger partial charge >= 0.3 is 0 Å². The first kappa shape index (κ1) is 13.9. The van der Waals surface area contributed by atoms with Crippen molar-refractivity contribution in [3.05, 3.63) is 41.5 Å². The molecular formula is C15H16N2O3. The number of carbonyl (C=O) groups excluding carboxylic acids is 2. The van der Waals surface area contributed by atoms with Crippen LogP contribution < -0.4 is 15.8 Å². The maximum absolute atomic E-state index is 12.2. The molecule has 0 aliphatic rings. The lowest BCUT2D eigenvalue weighted by Crippen LogP contribution is -2.27. The first-order valence-corrected chi connectivity index (χ1v) is 6.27. The molecule has 20 heavy (non-hydrogen) atoms. The van der Waals surface area contributed by atoms with E-state index in [2.05, 4.69) is 5.32 Å². The van der Waals surface area contributed by atoms with Gasteiger partial charge in [0.2, 0.25) is 5.91 Å². The summed E-state index contributed by atoms with van der Waals surface area (Å²) in [6.45, 7) is 2.28. The minimum Gasteiger partial charge on any atom is -0.496 e. The Hall–Kier alpha value is -2.56. The topological polar surface area (TPSA) is 81.4 Å². The number of nitrogens with two attached hydrogens (primary N) is 1. The van der Waals surface area contributed by atoms with E-state index >= 15 is 0 Å². The summed E-state index contributed by atoms with van der Waals surface area (Å²) in [7, 11) is 1.51. The molecule has 2 aromatic carbocycles. The van der Waals surface area contributed by atoms with Gasteiger partial charge in [0, 0.05) is 11.9 Å². The number of primary amides is 1. The zero-order valence-corrected chi connectivity index (χ0v) is 11.4. The van der Waals surface area contributed by atoms with Crippen LogP contribution in [0.3, 0.4) is 0 Å². The van der Waals surface area contributed by atoms with Crippen molar-refractivity contribution in [2.45, 2.75) is 6.92 Å². The van der Waals surface area contributed by atoms with Gasteiger partial charge in [-0.05, 0) is 18.4 Å². The lowest BCUT2D eigenvalue weighted by molar-refractivity contribution is 0.0939. The highest BCUT2D eigenvalue weighted by Crippen LogP contribution is 2.31. The molecule has 2 rings (SSSR count). The van der Waals surface area contributed by atoms with Gasteiger partial charge in [0.05, 0.1) is 18.2 Å². The molecule has 0 atom stereocenters. The Morgan fingerprint density at radius 3 is 2.45 bits per heavy atom. The number of hydrogen-bond acceptors (Lipinski definition) is 3. The van der Waals surface area contributed by atoms with Crippen molar-refractivity contribution in [1.29, 1.82) is 0 Å². The van der Waals surface area contributed by atoms with Crippen molar-refractivity contribution < 1.29 is 14.3 Å². The van der Waals surface area contributed by atoms with Gasteiger partial charge in [-0.15, -0.1) is 0 Å². The number of rotatable bonds is 4. The van der Waals surface area contributed by atoms with Gasteiger partial charge in [-0.2, -0.15) is 0 Å². The predicted octanol–water partition coefficient (Wildman–Crippen LogP) is 1.70. The molecule has 5 heteroatoms. The minimum atomic E-state index is -0.657. The third-order valence-electron chi connectivity index (χ3n) is 3.06. The Bertz CT molecular complexity index is 680. The molecule has 0 saturated carbocycles. The standard InChI is InChI=1S/C15H16N2O3/c1-3-17-15(19)13-10-7-5-4-6-9(10)12(20-2)8-11(13)14(16)18/h4-8H,3H2,1-2H3,(H2,16,18)(H,17,19). The summed E-state index contributed by atoms with van der Waals surface area (Å²) in [5.74, 6) is -0.460. The molecule has 0 fully saturated rings. The van der Waals surface area contributed by atoms with Crippen LogP contribution in [0.5, 0.6) is 5.75 Å². The van der Waals surface area contributed by atoms with Crippen LogP contribution in [0.1, 0.15) is 27.6 Å². The van der Waals surface area contributed by atoms with E-state index in [1.54, 1.807) is 12.1 Å². The van der Waals surface area contributed by atoms with E-state index in [-0.39, 0.29) is 17.0 Å². The van der Waals surface area contributed by atoms with Gasteiger partial charge in [-0.3, -0.25) is 9.59 Å². The minimum absolute atomic E-state index is 0.159. The van der Waals surface area contributed by atoms with Gasteiger partial charge in [0.1, 0.15) is 5.75 Å². The second-order valence-electron chi connectivity index (χ2n) is 4.27. The van der Waals surface area contributed by atoms with Crippen molar-refractivity contribution in [1.82, 2.24) is 5.32 Å². The number of ether oxygens (including phenoxy) is 1. The maximum Gasteiger partial charge on any atom is 0.252 e. The number of benzene rings is 2. The third-order valence-corrected chi connectivity index (χ3v) is 3.06. The van der Waals surface area contributed by atoms with E-state index in [0.717, 1.165) is 5.39 Å². The normalized spacial score (nSPS) is 10.3. The number of carbonyl (C=O) groups is 2. The van der Waals surface area contributed by atoms with E-state index in [4.69, 9.17) is 10.5 Å². The number of hydrogen-bond donors (Lipinski definition) is 2. The second kappa shape index (κ2) is 5.61. The van der Waals surface area contributed by atoms with Gasteiger partial charge in [0.25, 0.3) is 5.91 Å². The van der Waals surface area contributed by atoms with Crippen molar-refractivity contribution in [2.75, 3.05) is 13.7 Å². The second-order valence-corrected chi connectivity index (χ2v) is 4.27. The van der Waals surface area contributed by atoms with Gasteiger partial charge < -0.3 is 15.8 Å². The first-order valence-electron chi connectivity index (χ1n) is 6.27. The quantitative estimate of drug-likeness (QED) is 0.888. The van der Waals surface area contributed by atoms with E-state index in [0.29, 0.717) is 17.7 Å². The monoisotopic (exact) mass is 272 g/mol. The Kier molecular flexibility index (Phi) is 3.89. The van der Waals surface area contributed by atoms with E-state index < -0.39 is 5.91 Å². The number of nitrogens with one attached hydrogen (secondary N) is 1. The largest absolute Gasteiger partial charge is 0.496 e. The lowest BCUT2D eigenvalue weighted by atomic mass is 9.97. The Morgan fingerprint density at radius 1 is 1.25 bits per heavy atom. The van der Waals surface area contributed by atoms with Crippen LogP contribution in [-0.2, 0) is 0 Å². The van der Waals surface area contributed by atoms with Crippen molar-refractivity contribution in [3.8, 4) is 5.75 Å². The van der Waals surface area contributed by atoms with Crippen LogP contribution in [-0.4, -0.2) is 25.5 Å². The molecule has 104 valence electrons. The molecule has 5 nitrogen and oxygen atoms in total. The molecule has 0 unspecified atom stereocenters. The number of methoxy groups -OCH3 is 1. The fourth-order valence-corrected chi connectivity index (χ4v) is 2.20. The van der Waals surface area contributed by atoms with Gasteiger partial charge in [-0.25, -0.2) is 0 Å². The Labute approximate surface area is 116 Å². The van der Waals surface area contributed by atoms with Crippen molar-refractivity contribution >= 4 is 22.6 Å². The molecule has 0 spiro atoms. The molecule has 0 saturated heterocycles. The Balaban J connectivity index is 2.84. The zero-order chi connectivity index (χ0) is 14.7. The summed E-state index contributed by atoms with van der Waals surface area (Å²) in [6, 6.07) is 8.76. The summed E-state index contributed by atoms with van der Waals surface area (Å²) < 4.78 is 5.27. The third kappa shape index (κ3) is 2.30. The van der Waals surface area contributed by atoms with Gasteiger partial charge in [-0.1, -0.05) is 24.3 Å². The first-order chi connectivity index (χ1) is 9.60. The highest BCUT2D eigenvalue weighted by Gasteiger charge is 2.20. The van der Waals surface area contributed by atoms with Crippen LogP contribution in [0.2, 0.25) is 0 Å². The molecule has 2 aromatic rings. The molecule has 0 aliphatic carbocycles. The van der Waals surface area contributed by atoms with E-state index in [9.17, 15) is 9.59 Å². The highest BCUT2D eigenvalue weighted by atomic mass is 16.5. The van der Waals surface area contributed by atoms with Crippen LogP contribution in [0.25, 0.3) is 10.8 Å². The average molecular weight is 272 g/mol. The number of fused-ring (bicyclic) bond motifs is 1. The summed E-state index contributed by atoms with van der Waals surface area (Å²) >= 11 is 0. The fraction of sp³-hybridized carbons (Fsp3) is 0.200. The molecular weight excluding hydrogens is 256 g/mol. The summed E-state index contributed by atoms with van der Waals surface area (Å²) in [5, 5.41) is 4.11. The molecule has 2 amide bonds. The molecule has 0 heterocycles. The fourth-order valence-electron chi connectivity index (χ4n) is 2.20. The SMILES string of the molecule is CCNC(=O)c1c(C(N)=O)cc(OC)c2ccccc12. The van der Waals surface area contributed by atoms with Crippen molar-refractivity contribution in [2.24, 2.45) is 5.73 Å². The molecule has 3 N–H and O–H groups in total. The smallest absolute Gasteiger partial charge is 0.252 e. The predicted molar refractivity (Wildman–Crippen MR) is 77.0 cm³/mol. The highest BCUT2D eigenvalue weighted by molar-refractivity contribution is 6.16. The van der Waals surface area contributed by atoms with Crippen molar-refractivity contribution in [3.63, 3.8) is 0 Å². The average Bonchev–Trinajstić information content (AvgIpc) is 2.45. The van der Waals surface area contributed by atoms with E-state index in [1.807, 2.05) is 19.1 Å². The maximum atomic E-state index is 12.2. The Morgan fingerprint density at radius 2 is 1.90 bits per heavy atom. The zero-order valence-electron chi connectivity index (χ0n) is 11.4. The van der Waals surface area contributed by atoms with Crippen LogP contribution >= 0.6 is 0 Å². The molecule has 0 aliphatic heterocycles. The lowest BCUT2D eigenvalue weighted by Gasteiger charge is -2.14. The molecule has 0 aromatic heterocycles. The van der Waals surface area contributed by atoms with Crippen LogP contribution in [0, 0.1) is 0 Å². The van der Waals surface area contributed by atoms with Gasteiger partial charge in [0.15, 0.2) is 0 Å². The molecule has 0 bridgehead atoms. The summed E-state index contributed by atoms with van der Waals surface area (Å²) in [5.41, 5.74) is 5.84. The number of amides is 2.